The molecule has 0 aliphatic heterocycles. The Hall–Kier alpha value is -1.09. The Bertz CT molecular complexity index is 557. The van der Waals surface area contributed by atoms with Gasteiger partial charge in [0.15, 0.2) is 0 Å². The van der Waals surface area contributed by atoms with Gasteiger partial charge in [0.1, 0.15) is 0 Å². The van der Waals surface area contributed by atoms with E-state index < -0.39 is 6.10 Å². The van der Waals surface area contributed by atoms with Crippen LogP contribution in [0.4, 0.5) is 0 Å². The van der Waals surface area contributed by atoms with Crippen LogP contribution in [0.3, 0.4) is 0 Å². The molecule has 2 aromatic rings. The molecule has 1 N–H and O–H groups in total. The molecule has 0 saturated heterocycles. The lowest BCUT2D eigenvalue weighted by Crippen LogP contribution is -2.04. The van der Waals surface area contributed by atoms with Crippen LogP contribution in [0.25, 0.3) is 0 Å². The lowest BCUT2D eigenvalue weighted by atomic mass is 10.00. The standard InChI is InChI=1S/C14H13Cl2NO/c1-9-4-5-17-8-11(9)14(18)7-10-2-3-12(15)13(16)6-10/h2-6,8,14,18H,7H2,1H3. The van der Waals surface area contributed by atoms with Crippen LogP contribution in [-0.2, 0) is 6.42 Å². The molecule has 0 amide bonds. The van der Waals surface area contributed by atoms with Crippen LogP contribution in [0, 0.1) is 6.92 Å². The zero-order valence-corrected chi connectivity index (χ0v) is 11.4. The molecule has 4 heteroatoms. The van der Waals surface area contributed by atoms with Crippen molar-refractivity contribution in [3.63, 3.8) is 0 Å². The third kappa shape index (κ3) is 3.02. The Kier molecular flexibility index (Phi) is 4.23. The maximum absolute atomic E-state index is 10.2. The van der Waals surface area contributed by atoms with Crippen LogP contribution in [0.2, 0.25) is 10.0 Å². The third-order valence-electron chi connectivity index (χ3n) is 2.85. The van der Waals surface area contributed by atoms with Crippen molar-refractivity contribution in [3.05, 3.63) is 63.4 Å². The summed E-state index contributed by atoms with van der Waals surface area (Å²) in [5.74, 6) is 0. The molecule has 1 unspecified atom stereocenters. The Morgan fingerprint density at radius 3 is 2.67 bits per heavy atom. The molecule has 0 radical (unpaired) electrons. The van der Waals surface area contributed by atoms with E-state index in [1.54, 1.807) is 24.5 Å². The SMILES string of the molecule is Cc1ccncc1C(O)Cc1ccc(Cl)c(Cl)c1. The zero-order chi connectivity index (χ0) is 13.1. The Balaban J connectivity index is 2.19. The molecule has 1 aromatic carbocycles. The average molecular weight is 282 g/mol. The maximum atomic E-state index is 10.2. The van der Waals surface area contributed by atoms with Gasteiger partial charge in [0.2, 0.25) is 0 Å². The number of pyridine rings is 1. The highest BCUT2D eigenvalue weighted by Crippen LogP contribution is 2.26. The summed E-state index contributed by atoms with van der Waals surface area (Å²) in [5.41, 5.74) is 2.81. The summed E-state index contributed by atoms with van der Waals surface area (Å²) in [7, 11) is 0. The first kappa shape index (κ1) is 13.3. The van der Waals surface area contributed by atoms with Crippen molar-refractivity contribution in [3.8, 4) is 0 Å². The van der Waals surface area contributed by atoms with Gasteiger partial charge in [-0.15, -0.1) is 0 Å². The summed E-state index contributed by atoms with van der Waals surface area (Å²) in [6, 6.07) is 7.26. The highest BCUT2D eigenvalue weighted by atomic mass is 35.5. The molecule has 0 fully saturated rings. The molecule has 0 spiro atoms. The predicted octanol–water partition coefficient (Wildman–Crippen LogP) is 3.97. The molecule has 0 bridgehead atoms. The minimum Gasteiger partial charge on any atom is -0.388 e. The van der Waals surface area contributed by atoms with Crippen LogP contribution >= 0.6 is 23.2 Å². The summed E-state index contributed by atoms with van der Waals surface area (Å²) in [6.07, 6.45) is 3.31. The second-order valence-electron chi connectivity index (χ2n) is 4.20. The van der Waals surface area contributed by atoms with Gasteiger partial charge >= 0.3 is 0 Å². The normalized spacial score (nSPS) is 12.4. The van der Waals surface area contributed by atoms with Crippen molar-refractivity contribution < 1.29 is 5.11 Å². The number of nitrogens with zero attached hydrogens (tertiary/aromatic N) is 1. The third-order valence-corrected chi connectivity index (χ3v) is 3.59. The Morgan fingerprint density at radius 1 is 1.22 bits per heavy atom. The molecule has 18 heavy (non-hydrogen) atoms. The molecule has 0 aliphatic carbocycles. The number of halogens is 2. The molecule has 1 heterocycles. The molecule has 2 rings (SSSR count). The smallest absolute Gasteiger partial charge is 0.0847 e. The van der Waals surface area contributed by atoms with E-state index in [0.29, 0.717) is 16.5 Å². The molecule has 2 nitrogen and oxygen atoms in total. The second kappa shape index (κ2) is 5.70. The summed E-state index contributed by atoms with van der Waals surface area (Å²) in [5, 5.41) is 11.2. The van der Waals surface area contributed by atoms with Crippen molar-refractivity contribution in [2.45, 2.75) is 19.4 Å². The molecule has 94 valence electrons. The number of rotatable bonds is 3. The van der Waals surface area contributed by atoms with Crippen LogP contribution in [-0.4, -0.2) is 10.1 Å². The van der Waals surface area contributed by atoms with Gasteiger partial charge in [0.25, 0.3) is 0 Å². The summed E-state index contributed by atoms with van der Waals surface area (Å²) >= 11 is 11.8. The first-order valence-electron chi connectivity index (χ1n) is 5.60. The van der Waals surface area contributed by atoms with Gasteiger partial charge in [-0.1, -0.05) is 29.3 Å². The van der Waals surface area contributed by atoms with Gasteiger partial charge < -0.3 is 5.11 Å². The average Bonchev–Trinajstić information content (AvgIpc) is 2.34. The van der Waals surface area contributed by atoms with E-state index in [4.69, 9.17) is 23.2 Å². The highest BCUT2D eigenvalue weighted by Gasteiger charge is 2.12. The van der Waals surface area contributed by atoms with Gasteiger partial charge in [0, 0.05) is 24.4 Å². The number of hydrogen-bond donors (Lipinski definition) is 1. The Morgan fingerprint density at radius 2 is 2.00 bits per heavy atom. The van der Waals surface area contributed by atoms with Crippen molar-refractivity contribution in [1.29, 1.82) is 0 Å². The molecule has 1 atom stereocenters. The van der Waals surface area contributed by atoms with E-state index in [1.807, 2.05) is 19.1 Å². The zero-order valence-electron chi connectivity index (χ0n) is 9.90. The topological polar surface area (TPSA) is 33.1 Å². The summed E-state index contributed by atoms with van der Waals surface area (Å²) in [4.78, 5) is 4.03. The van der Waals surface area contributed by atoms with E-state index in [0.717, 1.165) is 16.7 Å². The first-order chi connectivity index (χ1) is 8.58. The van der Waals surface area contributed by atoms with Gasteiger partial charge in [-0.05, 0) is 36.2 Å². The number of aromatic nitrogens is 1. The summed E-state index contributed by atoms with van der Waals surface area (Å²) in [6.45, 7) is 1.95. The van der Waals surface area contributed by atoms with Crippen molar-refractivity contribution in [2.75, 3.05) is 0 Å². The minimum absolute atomic E-state index is 0.490. The van der Waals surface area contributed by atoms with Crippen molar-refractivity contribution >= 4 is 23.2 Å². The fourth-order valence-electron chi connectivity index (χ4n) is 1.82. The fraction of sp³-hybridized carbons (Fsp3) is 0.214. The number of aliphatic hydroxyl groups is 1. The highest BCUT2D eigenvalue weighted by molar-refractivity contribution is 6.42. The maximum Gasteiger partial charge on any atom is 0.0847 e. The first-order valence-corrected chi connectivity index (χ1v) is 6.36. The Labute approximate surface area is 116 Å². The van der Waals surface area contributed by atoms with Crippen LogP contribution in [0.1, 0.15) is 22.8 Å². The molecule has 0 aliphatic rings. The van der Waals surface area contributed by atoms with Gasteiger partial charge in [-0.25, -0.2) is 0 Å². The minimum atomic E-state index is -0.587. The fourth-order valence-corrected chi connectivity index (χ4v) is 2.15. The van der Waals surface area contributed by atoms with Gasteiger partial charge in [-0.2, -0.15) is 0 Å². The van der Waals surface area contributed by atoms with E-state index in [1.165, 1.54) is 0 Å². The molecule has 0 saturated carbocycles. The van der Waals surface area contributed by atoms with E-state index in [9.17, 15) is 5.11 Å². The van der Waals surface area contributed by atoms with Gasteiger partial charge in [0.05, 0.1) is 16.1 Å². The monoisotopic (exact) mass is 281 g/mol. The van der Waals surface area contributed by atoms with Crippen LogP contribution in [0.5, 0.6) is 0 Å². The van der Waals surface area contributed by atoms with Crippen LogP contribution < -0.4 is 0 Å². The lowest BCUT2D eigenvalue weighted by molar-refractivity contribution is 0.177. The number of benzene rings is 1. The molecular formula is C14H13Cl2NO. The lowest BCUT2D eigenvalue weighted by Gasteiger charge is -2.13. The molecule has 1 aromatic heterocycles. The number of aryl methyl sites for hydroxylation is 1. The van der Waals surface area contributed by atoms with E-state index >= 15 is 0 Å². The number of hydrogen-bond acceptors (Lipinski definition) is 2. The van der Waals surface area contributed by atoms with Crippen LogP contribution in [0.15, 0.2) is 36.7 Å². The van der Waals surface area contributed by atoms with Crippen molar-refractivity contribution in [2.24, 2.45) is 0 Å². The number of aliphatic hydroxyl groups excluding tert-OH is 1. The van der Waals surface area contributed by atoms with E-state index in [2.05, 4.69) is 4.98 Å². The summed E-state index contributed by atoms with van der Waals surface area (Å²) < 4.78 is 0. The molecular weight excluding hydrogens is 269 g/mol. The predicted molar refractivity (Wildman–Crippen MR) is 74.1 cm³/mol. The van der Waals surface area contributed by atoms with E-state index in [-0.39, 0.29) is 0 Å². The second-order valence-corrected chi connectivity index (χ2v) is 5.02. The largest absolute Gasteiger partial charge is 0.388 e. The van der Waals surface area contributed by atoms with Gasteiger partial charge in [-0.3, -0.25) is 4.98 Å². The quantitative estimate of drug-likeness (QED) is 0.923. The van der Waals surface area contributed by atoms with Crippen molar-refractivity contribution in [1.82, 2.24) is 4.98 Å².